The number of rotatable bonds is 6. The van der Waals surface area contributed by atoms with E-state index in [0.29, 0.717) is 20.8 Å². The van der Waals surface area contributed by atoms with Crippen molar-refractivity contribution in [2.45, 2.75) is 32.0 Å². The first kappa shape index (κ1) is 18.6. The smallest absolute Gasteiger partial charge is 0.123 e. The van der Waals surface area contributed by atoms with Crippen LogP contribution in [0.4, 0.5) is 0 Å². The van der Waals surface area contributed by atoms with E-state index in [0.717, 1.165) is 22.0 Å². The maximum atomic E-state index is 10.9. The standard InChI is InChI=1S/C23H25O2P/c1-23(2,26-21-14-7-6-11-19(21)16-24)20-13-8-12-18(22(20)25)15-17-9-4-3-5-10-17/h3-14,24-26H,15-16H2,1-2H3. The van der Waals surface area contributed by atoms with Crippen LogP contribution >= 0.6 is 8.58 Å². The van der Waals surface area contributed by atoms with Crippen LogP contribution in [-0.2, 0) is 18.2 Å². The highest BCUT2D eigenvalue weighted by Crippen LogP contribution is 2.45. The summed E-state index contributed by atoms with van der Waals surface area (Å²) < 4.78 is 0. The summed E-state index contributed by atoms with van der Waals surface area (Å²) in [6.07, 6.45) is 0.715. The highest BCUT2D eigenvalue weighted by atomic mass is 31.1. The van der Waals surface area contributed by atoms with Crippen LogP contribution in [0.3, 0.4) is 0 Å². The highest BCUT2D eigenvalue weighted by Gasteiger charge is 2.26. The summed E-state index contributed by atoms with van der Waals surface area (Å²) in [4.78, 5) is 0. The van der Waals surface area contributed by atoms with Gasteiger partial charge in [-0.15, -0.1) is 0 Å². The van der Waals surface area contributed by atoms with Gasteiger partial charge in [-0.25, -0.2) is 0 Å². The van der Waals surface area contributed by atoms with Gasteiger partial charge in [0.15, 0.2) is 0 Å². The third-order valence-electron chi connectivity index (χ3n) is 4.67. The molecule has 0 heterocycles. The van der Waals surface area contributed by atoms with Crippen molar-refractivity contribution in [3.05, 3.63) is 95.1 Å². The fourth-order valence-corrected chi connectivity index (χ4v) is 4.75. The Morgan fingerprint density at radius 1 is 0.808 bits per heavy atom. The van der Waals surface area contributed by atoms with Crippen molar-refractivity contribution in [3.63, 3.8) is 0 Å². The summed E-state index contributed by atoms with van der Waals surface area (Å²) in [5.41, 5.74) is 4.05. The molecule has 2 nitrogen and oxygen atoms in total. The summed E-state index contributed by atoms with van der Waals surface area (Å²) in [5.74, 6) is 0.385. The molecule has 0 aromatic heterocycles. The number of benzene rings is 3. The summed E-state index contributed by atoms with van der Waals surface area (Å²) in [6, 6.07) is 24.2. The van der Waals surface area contributed by atoms with Crippen molar-refractivity contribution in [3.8, 4) is 5.75 Å². The zero-order valence-electron chi connectivity index (χ0n) is 15.2. The molecule has 134 valence electrons. The molecule has 1 unspecified atom stereocenters. The van der Waals surface area contributed by atoms with Crippen molar-refractivity contribution in [2.24, 2.45) is 0 Å². The van der Waals surface area contributed by atoms with Crippen LogP contribution in [0.5, 0.6) is 5.75 Å². The Labute approximate surface area is 157 Å². The molecular weight excluding hydrogens is 339 g/mol. The van der Waals surface area contributed by atoms with Crippen LogP contribution in [0.1, 0.15) is 36.1 Å². The second-order valence-electron chi connectivity index (χ2n) is 7.04. The maximum Gasteiger partial charge on any atom is 0.123 e. The number of para-hydroxylation sites is 1. The Hall–Kier alpha value is -2.15. The van der Waals surface area contributed by atoms with Crippen LogP contribution in [0, 0.1) is 0 Å². The van der Waals surface area contributed by atoms with Gasteiger partial charge in [-0.1, -0.05) is 95.2 Å². The molecule has 0 fully saturated rings. The molecule has 2 N–H and O–H groups in total. The minimum absolute atomic E-state index is 0.0410. The number of aromatic hydroxyl groups is 1. The van der Waals surface area contributed by atoms with E-state index in [2.05, 4.69) is 32.0 Å². The average molecular weight is 364 g/mol. The Morgan fingerprint density at radius 2 is 1.46 bits per heavy atom. The van der Waals surface area contributed by atoms with Gasteiger partial charge in [0.25, 0.3) is 0 Å². The minimum atomic E-state index is -0.220. The molecule has 0 aliphatic rings. The highest BCUT2D eigenvalue weighted by molar-refractivity contribution is 7.48. The van der Waals surface area contributed by atoms with Crippen LogP contribution in [0.25, 0.3) is 0 Å². The zero-order valence-corrected chi connectivity index (χ0v) is 16.2. The normalized spacial score (nSPS) is 12.0. The first-order chi connectivity index (χ1) is 12.5. The summed E-state index contributed by atoms with van der Waals surface area (Å²) in [6.45, 7) is 4.35. The predicted molar refractivity (Wildman–Crippen MR) is 111 cm³/mol. The molecule has 0 saturated carbocycles. The molecule has 0 bridgehead atoms. The maximum absolute atomic E-state index is 10.9. The number of aliphatic hydroxyl groups excluding tert-OH is 1. The molecule has 26 heavy (non-hydrogen) atoms. The van der Waals surface area contributed by atoms with Gasteiger partial charge in [-0.05, 0) is 22.0 Å². The van der Waals surface area contributed by atoms with Crippen molar-refractivity contribution in [1.29, 1.82) is 0 Å². The fraction of sp³-hybridized carbons (Fsp3) is 0.217. The van der Waals surface area contributed by atoms with Gasteiger partial charge in [0.1, 0.15) is 5.75 Å². The lowest BCUT2D eigenvalue weighted by Crippen LogP contribution is -2.17. The van der Waals surface area contributed by atoms with Crippen molar-refractivity contribution in [1.82, 2.24) is 0 Å². The van der Waals surface area contributed by atoms with Gasteiger partial charge < -0.3 is 10.2 Å². The van der Waals surface area contributed by atoms with Crippen molar-refractivity contribution in [2.75, 3.05) is 0 Å². The Balaban J connectivity index is 1.91. The van der Waals surface area contributed by atoms with E-state index < -0.39 is 0 Å². The molecule has 0 aliphatic carbocycles. The number of phenols is 1. The van der Waals surface area contributed by atoms with E-state index in [1.807, 2.05) is 54.6 Å². The lowest BCUT2D eigenvalue weighted by molar-refractivity contribution is 0.283. The topological polar surface area (TPSA) is 40.5 Å². The molecule has 0 amide bonds. The molecule has 3 aromatic rings. The zero-order chi connectivity index (χ0) is 18.6. The van der Waals surface area contributed by atoms with Crippen LogP contribution in [0.2, 0.25) is 0 Å². The van der Waals surface area contributed by atoms with Crippen molar-refractivity contribution >= 4 is 13.9 Å². The molecular formula is C23H25O2P. The SMILES string of the molecule is CC(C)(Pc1ccccc1CO)c1cccc(Cc2ccccc2)c1O. The quantitative estimate of drug-likeness (QED) is 0.622. The second kappa shape index (κ2) is 8.03. The van der Waals surface area contributed by atoms with Gasteiger partial charge in [0, 0.05) is 17.1 Å². The lowest BCUT2D eigenvalue weighted by atomic mass is 9.95. The van der Waals surface area contributed by atoms with Gasteiger partial charge in [-0.3, -0.25) is 0 Å². The van der Waals surface area contributed by atoms with Crippen LogP contribution < -0.4 is 5.30 Å². The lowest BCUT2D eigenvalue weighted by Gasteiger charge is -2.28. The number of aliphatic hydroxyl groups is 1. The Morgan fingerprint density at radius 3 is 2.19 bits per heavy atom. The van der Waals surface area contributed by atoms with Gasteiger partial charge >= 0.3 is 0 Å². The average Bonchev–Trinajstić information content (AvgIpc) is 2.64. The summed E-state index contributed by atoms with van der Waals surface area (Å²) in [7, 11) is 0.455. The first-order valence-corrected chi connectivity index (χ1v) is 9.83. The number of phenolic OH excluding ortho intramolecular Hbond substituents is 1. The Bertz CT molecular complexity index is 872. The third-order valence-corrected chi connectivity index (χ3v) is 6.32. The van der Waals surface area contributed by atoms with E-state index >= 15 is 0 Å². The molecule has 0 spiro atoms. The van der Waals surface area contributed by atoms with Gasteiger partial charge in [0.05, 0.1) is 6.61 Å². The third kappa shape index (κ3) is 4.15. The molecule has 3 aromatic carbocycles. The number of hydrogen-bond donors (Lipinski definition) is 2. The summed E-state index contributed by atoms with van der Waals surface area (Å²) >= 11 is 0. The van der Waals surface area contributed by atoms with Gasteiger partial charge in [0.2, 0.25) is 0 Å². The molecule has 0 saturated heterocycles. The second-order valence-corrected chi connectivity index (χ2v) is 9.08. The van der Waals surface area contributed by atoms with Crippen LogP contribution in [0.15, 0.2) is 72.8 Å². The predicted octanol–water partition coefficient (Wildman–Crippen LogP) is 4.71. The molecule has 0 aliphatic heterocycles. The molecule has 0 radical (unpaired) electrons. The van der Waals surface area contributed by atoms with E-state index in [-0.39, 0.29) is 11.8 Å². The first-order valence-electron chi connectivity index (χ1n) is 8.83. The van der Waals surface area contributed by atoms with Crippen LogP contribution in [-0.4, -0.2) is 10.2 Å². The van der Waals surface area contributed by atoms with E-state index in [1.54, 1.807) is 0 Å². The van der Waals surface area contributed by atoms with Crippen molar-refractivity contribution < 1.29 is 10.2 Å². The van der Waals surface area contributed by atoms with Gasteiger partial charge in [-0.2, -0.15) is 0 Å². The molecule has 1 atom stereocenters. The van der Waals surface area contributed by atoms with E-state index in [1.165, 1.54) is 5.56 Å². The van der Waals surface area contributed by atoms with E-state index in [4.69, 9.17) is 0 Å². The number of hydrogen-bond acceptors (Lipinski definition) is 2. The molecule has 3 rings (SSSR count). The minimum Gasteiger partial charge on any atom is -0.507 e. The summed E-state index contributed by atoms with van der Waals surface area (Å²) in [5, 5.41) is 21.5. The fourth-order valence-electron chi connectivity index (χ4n) is 3.24. The molecule has 3 heteroatoms. The van der Waals surface area contributed by atoms with E-state index in [9.17, 15) is 10.2 Å². The largest absolute Gasteiger partial charge is 0.507 e. The monoisotopic (exact) mass is 364 g/mol. The Kier molecular flexibility index (Phi) is 5.76.